The minimum atomic E-state index is -3.26. The molecule has 1 N–H and O–H groups in total. The SMILES string of the molecule is Cc1cc(C)c2c(c1)C=C(C(=O)O)C(C(C)(F)F)O2. The Morgan fingerprint density at radius 2 is 2.00 bits per heavy atom. The highest BCUT2D eigenvalue weighted by molar-refractivity contribution is 5.95. The maximum atomic E-state index is 13.5. The third-order valence-corrected chi connectivity index (χ3v) is 2.98. The molecule has 0 aromatic heterocycles. The van der Waals surface area contributed by atoms with Gasteiger partial charge < -0.3 is 9.84 Å². The molecule has 0 saturated carbocycles. The van der Waals surface area contributed by atoms with Gasteiger partial charge in [-0.25, -0.2) is 13.6 Å². The van der Waals surface area contributed by atoms with Crippen molar-refractivity contribution >= 4 is 12.0 Å². The number of aliphatic carboxylic acids is 1. The molecule has 1 aliphatic heterocycles. The zero-order valence-electron chi connectivity index (χ0n) is 10.8. The minimum Gasteiger partial charge on any atom is -0.478 e. The maximum absolute atomic E-state index is 13.5. The van der Waals surface area contributed by atoms with E-state index >= 15 is 0 Å². The third kappa shape index (κ3) is 2.45. The Kier molecular flexibility index (Phi) is 3.08. The standard InChI is InChI=1S/C14H14F2O3/c1-7-4-8(2)11-9(5-7)6-10(13(17)18)12(19-11)14(3,15)16/h4-6,12H,1-3H3,(H,17,18). The summed E-state index contributed by atoms with van der Waals surface area (Å²) in [5, 5.41) is 9.05. The molecule has 0 bridgehead atoms. The second kappa shape index (κ2) is 4.33. The number of carboxylic acid groups (broad SMARTS) is 1. The van der Waals surface area contributed by atoms with Crippen LogP contribution in [-0.2, 0) is 4.79 Å². The second-order valence-corrected chi connectivity index (χ2v) is 4.86. The van der Waals surface area contributed by atoms with E-state index in [9.17, 15) is 13.6 Å². The molecule has 102 valence electrons. The summed E-state index contributed by atoms with van der Waals surface area (Å²) in [6.45, 7) is 4.25. The third-order valence-electron chi connectivity index (χ3n) is 2.98. The fourth-order valence-electron chi connectivity index (χ4n) is 2.23. The van der Waals surface area contributed by atoms with Crippen LogP contribution < -0.4 is 4.74 Å². The Labute approximate surface area is 109 Å². The molecule has 2 rings (SSSR count). The lowest BCUT2D eigenvalue weighted by Crippen LogP contribution is -2.41. The number of fused-ring (bicyclic) bond motifs is 1. The van der Waals surface area contributed by atoms with Crippen molar-refractivity contribution in [2.24, 2.45) is 0 Å². The highest BCUT2D eigenvalue weighted by Crippen LogP contribution is 2.38. The maximum Gasteiger partial charge on any atom is 0.335 e. The van der Waals surface area contributed by atoms with E-state index in [0.717, 1.165) is 5.56 Å². The van der Waals surface area contributed by atoms with Gasteiger partial charge >= 0.3 is 5.97 Å². The van der Waals surface area contributed by atoms with Gasteiger partial charge in [0, 0.05) is 12.5 Å². The Morgan fingerprint density at radius 3 is 2.53 bits per heavy atom. The monoisotopic (exact) mass is 268 g/mol. The molecule has 0 spiro atoms. The van der Waals surface area contributed by atoms with Gasteiger partial charge in [0.1, 0.15) is 5.75 Å². The number of hydrogen-bond acceptors (Lipinski definition) is 2. The number of benzene rings is 1. The fourth-order valence-corrected chi connectivity index (χ4v) is 2.23. The van der Waals surface area contributed by atoms with Gasteiger partial charge in [0.15, 0.2) is 6.10 Å². The van der Waals surface area contributed by atoms with Crippen LogP contribution in [-0.4, -0.2) is 23.1 Å². The van der Waals surface area contributed by atoms with Crippen molar-refractivity contribution in [3.05, 3.63) is 34.4 Å². The number of carboxylic acids is 1. The highest BCUT2D eigenvalue weighted by atomic mass is 19.3. The van der Waals surface area contributed by atoms with E-state index in [-0.39, 0.29) is 0 Å². The molecule has 0 amide bonds. The molecule has 0 radical (unpaired) electrons. The zero-order chi connectivity index (χ0) is 14.4. The second-order valence-electron chi connectivity index (χ2n) is 4.86. The molecule has 5 heteroatoms. The summed E-state index contributed by atoms with van der Waals surface area (Å²) in [4.78, 5) is 11.1. The van der Waals surface area contributed by atoms with Gasteiger partial charge in [-0.2, -0.15) is 0 Å². The van der Waals surface area contributed by atoms with Crippen LogP contribution in [0, 0.1) is 13.8 Å². The predicted octanol–water partition coefficient (Wildman–Crippen LogP) is 3.19. The lowest BCUT2D eigenvalue weighted by Gasteiger charge is -2.30. The summed E-state index contributed by atoms with van der Waals surface area (Å²) in [5.74, 6) is -4.34. The molecule has 1 unspecified atom stereocenters. The summed E-state index contributed by atoms with van der Waals surface area (Å²) >= 11 is 0. The average Bonchev–Trinajstić information content (AvgIpc) is 2.25. The molecule has 0 aliphatic carbocycles. The van der Waals surface area contributed by atoms with Crippen LogP contribution in [0.2, 0.25) is 0 Å². The predicted molar refractivity (Wildman–Crippen MR) is 66.6 cm³/mol. The van der Waals surface area contributed by atoms with Crippen LogP contribution in [0.5, 0.6) is 5.75 Å². The quantitative estimate of drug-likeness (QED) is 0.896. The van der Waals surface area contributed by atoms with Gasteiger partial charge in [-0.05, 0) is 31.6 Å². The Hall–Kier alpha value is -1.91. The number of carbonyl (C=O) groups is 1. The molecule has 1 aromatic rings. The van der Waals surface area contributed by atoms with Crippen molar-refractivity contribution in [1.29, 1.82) is 0 Å². The molecule has 1 heterocycles. The number of hydrogen-bond donors (Lipinski definition) is 1. The first-order chi connectivity index (χ1) is 8.70. The zero-order valence-corrected chi connectivity index (χ0v) is 10.8. The summed E-state index contributed by atoms with van der Waals surface area (Å²) in [6.07, 6.45) is -0.498. The van der Waals surface area contributed by atoms with E-state index in [1.807, 2.05) is 13.0 Å². The summed E-state index contributed by atoms with van der Waals surface area (Å²) in [7, 11) is 0. The lowest BCUT2D eigenvalue weighted by molar-refractivity contribution is -0.137. The molecule has 1 atom stereocenters. The first-order valence-electron chi connectivity index (χ1n) is 5.80. The number of ether oxygens (including phenoxy) is 1. The van der Waals surface area contributed by atoms with Crippen LogP contribution in [0.15, 0.2) is 17.7 Å². The van der Waals surface area contributed by atoms with E-state index in [2.05, 4.69) is 0 Å². The number of alkyl halides is 2. The largest absolute Gasteiger partial charge is 0.478 e. The summed E-state index contributed by atoms with van der Waals surface area (Å²) < 4.78 is 32.2. The van der Waals surface area contributed by atoms with Crippen LogP contribution >= 0.6 is 0 Å². The van der Waals surface area contributed by atoms with E-state index in [1.54, 1.807) is 13.0 Å². The van der Waals surface area contributed by atoms with E-state index in [1.165, 1.54) is 6.08 Å². The first kappa shape index (κ1) is 13.5. The van der Waals surface area contributed by atoms with Crippen molar-refractivity contribution in [3.8, 4) is 5.75 Å². The minimum absolute atomic E-state index is 0.321. The van der Waals surface area contributed by atoms with Gasteiger partial charge in [0.05, 0.1) is 5.57 Å². The number of aryl methyl sites for hydroxylation is 2. The highest BCUT2D eigenvalue weighted by Gasteiger charge is 2.44. The molecule has 0 fully saturated rings. The van der Waals surface area contributed by atoms with Crippen molar-refractivity contribution in [1.82, 2.24) is 0 Å². The number of halogens is 2. The summed E-state index contributed by atoms with van der Waals surface area (Å²) in [6, 6.07) is 3.53. The Balaban J connectivity index is 2.61. The van der Waals surface area contributed by atoms with Crippen LogP contribution in [0.25, 0.3) is 6.08 Å². The summed E-state index contributed by atoms with van der Waals surface area (Å²) in [5.41, 5.74) is 1.73. The number of rotatable bonds is 2. The molecular formula is C14H14F2O3. The molecule has 1 aliphatic rings. The van der Waals surface area contributed by atoms with Gasteiger partial charge in [-0.15, -0.1) is 0 Å². The van der Waals surface area contributed by atoms with Gasteiger partial charge in [0.25, 0.3) is 5.92 Å². The topological polar surface area (TPSA) is 46.5 Å². The molecule has 0 saturated heterocycles. The van der Waals surface area contributed by atoms with E-state index in [0.29, 0.717) is 23.8 Å². The van der Waals surface area contributed by atoms with Crippen LogP contribution in [0.4, 0.5) is 8.78 Å². The Morgan fingerprint density at radius 1 is 1.37 bits per heavy atom. The average molecular weight is 268 g/mol. The van der Waals surface area contributed by atoms with Crippen molar-refractivity contribution in [3.63, 3.8) is 0 Å². The van der Waals surface area contributed by atoms with Crippen molar-refractivity contribution in [2.75, 3.05) is 0 Å². The van der Waals surface area contributed by atoms with Gasteiger partial charge in [0.2, 0.25) is 0 Å². The fraction of sp³-hybridized carbons (Fsp3) is 0.357. The molecule has 19 heavy (non-hydrogen) atoms. The normalized spacial score (nSPS) is 18.4. The van der Waals surface area contributed by atoms with Crippen molar-refractivity contribution < 1.29 is 23.4 Å². The Bertz CT molecular complexity index is 571. The molecule has 1 aromatic carbocycles. The molecule has 3 nitrogen and oxygen atoms in total. The van der Waals surface area contributed by atoms with Crippen molar-refractivity contribution in [2.45, 2.75) is 32.8 Å². The van der Waals surface area contributed by atoms with E-state index in [4.69, 9.17) is 9.84 Å². The first-order valence-corrected chi connectivity index (χ1v) is 5.80. The van der Waals surface area contributed by atoms with Gasteiger partial charge in [-0.3, -0.25) is 0 Å². The smallest absolute Gasteiger partial charge is 0.335 e. The van der Waals surface area contributed by atoms with Crippen LogP contribution in [0.1, 0.15) is 23.6 Å². The van der Waals surface area contributed by atoms with E-state index < -0.39 is 23.6 Å². The molecular weight excluding hydrogens is 254 g/mol. The van der Waals surface area contributed by atoms with Gasteiger partial charge in [-0.1, -0.05) is 11.6 Å². The van der Waals surface area contributed by atoms with Crippen LogP contribution in [0.3, 0.4) is 0 Å². The lowest BCUT2D eigenvalue weighted by atomic mass is 9.95.